The fourth-order valence-corrected chi connectivity index (χ4v) is 4.71. The van der Waals surface area contributed by atoms with Gasteiger partial charge in [-0.2, -0.15) is 0 Å². The van der Waals surface area contributed by atoms with Gasteiger partial charge < -0.3 is 9.47 Å². The molecule has 0 unspecified atom stereocenters. The summed E-state index contributed by atoms with van der Waals surface area (Å²) in [7, 11) is 0. The van der Waals surface area contributed by atoms with Crippen molar-refractivity contribution in [3.8, 4) is 0 Å². The molecule has 0 saturated carbocycles. The minimum Gasteiger partial charge on any atom is -0.373 e. The third-order valence-corrected chi connectivity index (χ3v) is 5.76. The number of hydrogen-bond donors (Lipinski definition) is 0. The number of hydrogen-bond acceptors (Lipinski definition) is 4. The molecule has 2 aliphatic heterocycles. The predicted molar refractivity (Wildman–Crippen MR) is 67.7 cm³/mol. The molecule has 0 radical (unpaired) electrons. The maximum atomic E-state index is 5.96. The SMILES string of the molecule is C[C@H]1C[C@@H](OCC2SCCCS2)[C@@H](C)O1. The summed E-state index contributed by atoms with van der Waals surface area (Å²) >= 11 is 4.09. The largest absolute Gasteiger partial charge is 0.373 e. The number of thioether (sulfide) groups is 2. The van der Waals surface area contributed by atoms with Gasteiger partial charge in [-0.3, -0.25) is 0 Å². The second kappa shape index (κ2) is 5.80. The van der Waals surface area contributed by atoms with E-state index in [0.29, 0.717) is 16.8 Å². The van der Waals surface area contributed by atoms with Gasteiger partial charge in [-0.05, 0) is 31.8 Å². The number of ether oxygens (including phenoxy) is 2. The molecule has 88 valence electrons. The lowest BCUT2D eigenvalue weighted by Crippen LogP contribution is -2.25. The Morgan fingerprint density at radius 2 is 2.00 bits per heavy atom. The fraction of sp³-hybridized carbons (Fsp3) is 1.00. The van der Waals surface area contributed by atoms with Crippen LogP contribution >= 0.6 is 23.5 Å². The quantitative estimate of drug-likeness (QED) is 0.764. The molecule has 2 rings (SSSR count). The lowest BCUT2D eigenvalue weighted by atomic mass is 10.2. The molecule has 0 amide bonds. The van der Waals surface area contributed by atoms with E-state index in [2.05, 4.69) is 13.8 Å². The Morgan fingerprint density at radius 1 is 1.27 bits per heavy atom. The predicted octanol–water partition coefficient (Wildman–Crippen LogP) is 2.77. The van der Waals surface area contributed by atoms with Gasteiger partial charge in [-0.15, -0.1) is 23.5 Å². The topological polar surface area (TPSA) is 18.5 Å². The zero-order chi connectivity index (χ0) is 10.7. The summed E-state index contributed by atoms with van der Waals surface area (Å²) in [6.45, 7) is 5.14. The molecule has 0 aromatic heterocycles. The van der Waals surface area contributed by atoms with Gasteiger partial charge in [0, 0.05) is 6.42 Å². The normalized spacial score (nSPS) is 38.4. The molecule has 0 aromatic rings. The average molecular weight is 248 g/mol. The van der Waals surface area contributed by atoms with Crippen LogP contribution in [0, 0.1) is 0 Å². The van der Waals surface area contributed by atoms with Crippen molar-refractivity contribution in [2.24, 2.45) is 0 Å². The second-order valence-electron chi connectivity index (χ2n) is 4.28. The van der Waals surface area contributed by atoms with Gasteiger partial charge in [0.1, 0.15) is 0 Å². The van der Waals surface area contributed by atoms with Crippen molar-refractivity contribution in [2.75, 3.05) is 18.1 Å². The fourth-order valence-electron chi connectivity index (χ4n) is 2.07. The van der Waals surface area contributed by atoms with Crippen molar-refractivity contribution in [1.82, 2.24) is 0 Å². The van der Waals surface area contributed by atoms with E-state index in [-0.39, 0.29) is 6.10 Å². The molecule has 2 heterocycles. The van der Waals surface area contributed by atoms with Crippen molar-refractivity contribution in [3.05, 3.63) is 0 Å². The molecule has 2 aliphatic rings. The molecule has 15 heavy (non-hydrogen) atoms. The Morgan fingerprint density at radius 3 is 2.60 bits per heavy atom. The van der Waals surface area contributed by atoms with E-state index in [1.807, 2.05) is 23.5 Å². The van der Waals surface area contributed by atoms with Gasteiger partial charge in [0.2, 0.25) is 0 Å². The molecule has 4 heteroatoms. The van der Waals surface area contributed by atoms with E-state index >= 15 is 0 Å². The summed E-state index contributed by atoms with van der Waals surface area (Å²) in [4.78, 5) is 0. The van der Waals surface area contributed by atoms with Crippen molar-refractivity contribution < 1.29 is 9.47 Å². The minimum atomic E-state index is 0.276. The molecule has 2 fully saturated rings. The summed E-state index contributed by atoms with van der Waals surface area (Å²) < 4.78 is 12.3. The molecular weight excluding hydrogens is 228 g/mol. The standard InChI is InChI=1S/C11H20O2S2/c1-8-6-10(9(2)13-8)12-7-11-14-4-3-5-15-11/h8-11H,3-7H2,1-2H3/t8-,9+,10+/m0/s1. The van der Waals surface area contributed by atoms with Gasteiger partial charge in [0.25, 0.3) is 0 Å². The van der Waals surface area contributed by atoms with E-state index in [4.69, 9.17) is 9.47 Å². The first-order valence-corrected chi connectivity index (χ1v) is 7.85. The molecule has 0 spiro atoms. The van der Waals surface area contributed by atoms with E-state index < -0.39 is 0 Å². The summed E-state index contributed by atoms with van der Waals surface area (Å²) in [6, 6.07) is 0. The van der Waals surface area contributed by atoms with Crippen LogP contribution in [-0.2, 0) is 9.47 Å². The zero-order valence-corrected chi connectivity index (χ0v) is 11.1. The lowest BCUT2D eigenvalue weighted by Gasteiger charge is -2.23. The summed E-state index contributed by atoms with van der Waals surface area (Å²) in [5.74, 6) is 2.60. The van der Waals surface area contributed by atoms with E-state index in [1.165, 1.54) is 17.9 Å². The second-order valence-corrected chi connectivity index (χ2v) is 7.20. The van der Waals surface area contributed by atoms with Crippen LogP contribution in [0.2, 0.25) is 0 Å². The van der Waals surface area contributed by atoms with Crippen LogP contribution in [0.3, 0.4) is 0 Å². The summed E-state index contributed by atoms with van der Waals surface area (Å²) in [5.41, 5.74) is 0. The maximum absolute atomic E-state index is 5.96. The molecule has 0 aliphatic carbocycles. The Balaban J connectivity index is 1.68. The minimum absolute atomic E-state index is 0.276. The first-order valence-electron chi connectivity index (χ1n) is 5.76. The first-order chi connectivity index (χ1) is 7.25. The molecular formula is C11H20O2S2. The van der Waals surface area contributed by atoms with Crippen molar-refractivity contribution >= 4 is 23.5 Å². The van der Waals surface area contributed by atoms with Crippen LogP contribution in [0.1, 0.15) is 26.7 Å². The summed E-state index contributed by atoms with van der Waals surface area (Å²) in [6.07, 6.45) is 3.38. The lowest BCUT2D eigenvalue weighted by molar-refractivity contribution is -0.00612. The van der Waals surface area contributed by atoms with Crippen LogP contribution in [0.25, 0.3) is 0 Å². The number of rotatable bonds is 3. The monoisotopic (exact) mass is 248 g/mol. The van der Waals surface area contributed by atoms with Gasteiger partial charge in [0.05, 0.1) is 29.5 Å². The van der Waals surface area contributed by atoms with Crippen LogP contribution in [0.4, 0.5) is 0 Å². The molecule has 0 aromatic carbocycles. The summed E-state index contributed by atoms with van der Waals surface area (Å²) in [5, 5.41) is 0. The Bertz CT molecular complexity index is 195. The van der Waals surface area contributed by atoms with Gasteiger partial charge >= 0.3 is 0 Å². The van der Waals surface area contributed by atoms with E-state index in [1.54, 1.807) is 0 Å². The third-order valence-electron chi connectivity index (χ3n) is 2.88. The Hall–Kier alpha value is 0.620. The molecule has 2 nitrogen and oxygen atoms in total. The van der Waals surface area contributed by atoms with Gasteiger partial charge in [0.15, 0.2) is 0 Å². The highest BCUT2D eigenvalue weighted by atomic mass is 32.2. The molecule has 0 N–H and O–H groups in total. The highest BCUT2D eigenvalue weighted by molar-refractivity contribution is 8.17. The highest BCUT2D eigenvalue weighted by Gasteiger charge is 2.31. The Kier molecular flexibility index (Phi) is 4.68. The average Bonchev–Trinajstić information content (AvgIpc) is 2.56. The molecule has 2 saturated heterocycles. The van der Waals surface area contributed by atoms with Gasteiger partial charge in [-0.1, -0.05) is 0 Å². The Labute approximate surface area is 101 Å². The smallest absolute Gasteiger partial charge is 0.0859 e. The van der Waals surface area contributed by atoms with Crippen molar-refractivity contribution in [3.63, 3.8) is 0 Å². The highest BCUT2D eigenvalue weighted by Crippen LogP contribution is 2.32. The molecule has 3 atom stereocenters. The zero-order valence-electron chi connectivity index (χ0n) is 9.48. The third kappa shape index (κ3) is 3.55. The van der Waals surface area contributed by atoms with E-state index in [0.717, 1.165) is 13.0 Å². The van der Waals surface area contributed by atoms with Crippen molar-refractivity contribution in [2.45, 2.75) is 49.6 Å². The van der Waals surface area contributed by atoms with Crippen LogP contribution in [-0.4, -0.2) is 41.0 Å². The van der Waals surface area contributed by atoms with Gasteiger partial charge in [-0.25, -0.2) is 0 Å². The van der Waals surface area contributed by atoms with Crippen LogP contribution in [0.5, 0.6) is 0 Å². The van der Waals surface area contributed by atoms with Crippen molar-refractivity contribution in [1.29, 1.82) is 0 Å². The molecule has 0 bridgehead atoms. The maximum Gasteiger partial charge on any atom is 0.0859 e. The van der Waals surface area contributed by atoms with E-state index in [9.17, 15) is 0 Å². The van der Waals surface area contributed by atoms with Crippen LogP contribution < -0.4 is 0 Å². The van der Waals surface area contributed by atoms with Crippen LogP contribution in [0.15, 0.2) is 0 Å². The first kappa shape index (κ1) is 12.1.